The van der Waals surface area contributed by atoms with Crippen LogP contribution >= 0.6 is 31.9 Å². The van der Waals surface area contributed by atoms with E-state index in [1.54, 1.807) is 0 Å². The molecule has 0 aliphatic heterocycles. The Hall–Kier alpha value is -1.47. The van der Waals surface area contributed by atoms with Gasteiger partial charge in [0.25, 0.3) is 0 Å². The lowest BCUT2D eigenvalue weighted by Gasteiger charge is -2.11. The van der Waals surface area contributed by atoms with Crippen LogP contribution < -0.4 is 4.74 Å². The Morgan fingerprint density at radius 3 is 2.48 bits per heavy atom. The molecule has 0 aliphatic carbocycles. The second-order valence-electron chi connectivity index (χ2n) is 4.06. The molecule has 0 saturated heterocycles. The van der Waals surface area contributed by atoms with Gasteiger partial charge in [-0.25, -0.2) is 13.6 Å². The van der Waals surface area contributed by atoms with Gasteiger partial charge in [-0.2, -0.15) is 0 Å². The largest absolute Gasteiger partial charge is 0.488 e. The number of hydrogen-bond donors (Lipinski definition) is 1. The summed E-state index contributed by atoms with van der Waals surface area (Å²) in [6.45, 7) is -0.317. The van der Waals surface area contributed by atoms with Crippen LogP contribution in [0.5, 0.6) is 5.75 Å². The van der Waals surface area contributed by atoms with Crippen molar-refractivity contribution in [2.24, 2.45) is 0 Å². The molecular weight excluding hydrogens is 414 g/mol. The number of halogens is 4. The molecule has 2 aromatic rings. The van der Waals surface area contributed by atoms with Gasteiger partial charge in [0, 0.05) is 0 Å². The lowest BCUT2D eigenvalue weighted by Crippen LogP contribution is -2.04. The first-order valence-electron chi connectivity index (χ1n) is 5.68. The number of rotatable bonds is 4. The SMILES string of the molecule is O=C(O)c1ccc(OCc2c(F)ccc(Br)c2F)c(Br)c1. The van der Waals surface area contributed by atoms with Crippen LogP contribution in [0.25, 0.3) is 0 Å². The van der Waals surface area contributed by atoms with Crippen molar-refractivity contribution in [1.82, 2.24) is 0 Å². The highest BCUT2D eigenvalue weighted by molar-refractivity contribution is 9.10. The van der Waals surface area contributed by atoms with Gasteiger partial charge in [-0.15, -0.1) is 0 Å². The first kappa shape index (κ1) is 15.9. The van der Waals surface area contributed by atoms with Crippen molar-refractivity contribution in [3.05, 3.63) is 62.0 Å². The number of benzene rings is 2. The van der Waals surface area contributed by atoms with Gasteiger partial charge in [0.05, 0.1) is 20.1 Å². The fraction of sp³-hybridized carbons (Fsp3) is 0.0714. The second kappa shape index (κ2) is 6.53. The molecule has 0 saturated carbocycles. The van der Waals surface area contributed by atoms with Gasteiger partial charge in [-0.3, -0.25) is 0 Å². The first-order valence-corrected chi connectivity index (χ1v) is 7.26. The number of aromatic carboxylic acids is 1. The standard InChI is InChI=1S/C14H8Br2F2O3/c15-9-2-3-11(17)8(13(9)18)6-21-12-4-1-7(14(19)20)5-10(12)16/h1-5H,6H2,(H,19,20). The highest BCUT2D eigenvalue weighted by Crippen LogP contribution is 2.28. The quantitative estimate of drug-likeness (QED) is 0.723. The third-order valence-electron chi connectivity index (χ3n) is 2.69. The Balaban J connectivity index is 2.21. The van der Waals surface area contributed by atoms with Crippen LogP contribution in [-0.2, 0) is 6.61 Å². The van der Waals surface area contributed by atoms with E-state index in [9.17, 15) is 13.6 Å². The van der Waals surface area contributed by atoms with Crippen LogP contribution in [0.4, 0.5) is 8.78 Å². The molecule has 0 bridgehead atoms. The highest BCUT2D eigenvalue weighted by atomic mass is 79.9. The van der Waals surface area contributed by atoms with E-state index in [2.05, 4.69) is 31.9 Å². The molecule has 110 valence electrons. The normalized spacial score (nSPS) is 10.5. The van der Waals surface area contributed by atoms with Crippen LogP contribution in [0.15, 0.2) is 39.3 Å². The Bertz CT molecular complexity index is 705. The number of carboxylic acids is 1. The zero-order valence-electron chi connectivity index (χ0n) is 10.4. The van der Waals surface area contributed by atoms with Crippen LogP contribution in [0.1, 0.15) is 15.9 Å². The van der Waals surface area contributed by atoms with E-state index in [1.807, 2.05) is 0 Å². The van der Waals surface area contributed by atoms with Gasteiger partial charge < -0.3 is 9.84 Å². The molecule has 0 amide bonds. The summed E-state index contributed by atoms with van der Waals surface area (Å²) in [6, 6.07) is 6.52. The molecular formula is C14H8Br2F2O3. The van der Waals surface area contributed by atoms with E-state index in [0.717, 1.165) is 6.07 Å². The lowest BCUT2D eigenvalue weighted by molar-refractivity contribution is 0.0696. The fourth-order valence-electron chi connectivity index (χ4n) is 1.60. The van der Waals surface area contributed by atoms with Crippen molar-refractivity contribution >= 4 is 37.8 Å². The van der Waals surface area contributed by atoms with Gasteiger partial charge in [0.2, 0.25) is 0 Å². The summed E-state index contributed by atoms with van der Waals surface area (Å²) in [6.07, 6.45) is 0. The van der Waals surface area contributed by atoms with Gasteiger partial charge in [-0.1, -0.05) is 0 Å². The molecule has 3 nitrogen and oxygen atoms in total. The lowest BCUT2D eigenvalue weighted by atomic mass is 10.2. The van der Waals surface area contributed by atoms with Gasteiger partial charge in [-0.05, 0) is 62.2 Å². The molecule has 1 N–H and O–H groups in total. The van der Waals surface area contributed by atoms with E-state index >= 15 is 0 Å². The topological polar surface area (TPSA) is 46.5 Å². The summed E-state index contributed by atoms with van der Waals surface area (Å²) >= 11 is 6.13. The maximum absolute atomic E-state index is 13.8. The van der Waals surface area contributed by atoms with Crippen LogP contribution in [-0.4, -0.2) is 11.1 Å². The smallest absolute Gasteiger partial charge is 0.335 e. The van der Waals surface area contributed by atoms with Crippen LogP contribution in [0, 0.1) is 11.6 Å². The fourth-order valence-corrected chi connectivity index (χ4v) is 2.47. The summed E-state index contributed by atoms with van der Waals surface area (Å²) in [5.74, 6) is -2.23. The third kappa shape index (κ3) is 3.59. The summed E-state index contributed by atoms with van der Waals surface area (Å²) in [4.78, 5) is 10.8. The molecule has 0 heterocycles. The van der Waals surface area contributed by atoms with Gasteiger partial charge >= 0.3 is 5.97 Å². The maximum atomic E-state index is 13.8. The summed E-state index contributed by atoms with van der Waals surface area (Å²) in [5.41, 5.74) is -0.132. The summed E-state index contributed by atoms with van der Waals surface area (Å²) < 4.78 is 33.2. The monoisotopic (exact) mass is 420 g/mol. The second-order valence-corrected chi connectivity index (χ2v) is 5.77. The Morgan fingerprint density at radius 2 is 1.86 bits per heavy atom. The number of ether oxygens (including phenoxy) is 1. The zero-order valence-corrected chi connectivity index (χ0v) is 13.5. The van der Waals surface area contributed by atoms with Crippen molar-refractivity contribution in [2.45, 2.75) is 6.61 Å². The van der Waals surface area contributed by atoms with E-state index in [0.29, 0.717) is 10.2 Å². The van der Waals surface area contributed by atoms with E-state index < -0.39 is 17.6 Å². The molecule has 0 unspecified atom stereocenters. The van der Waals surface area contributed by atoms with Gasteiger partial charge in [0.15, 0.2) is 0 Å². The number of carboxylic acid groups (broad SMARTS) is 1. The number of hydrogen-bond acceptors (Lipinski definition) is 2. The maximum Gasteiger partial charge on any atom is 0.335 e. The predicted molar refractivity (Wildman–Crippen MR) is 79.5 cm³/mol. The third-order valence-corrected chi connectivity index (χ3v) is 3.92. The molecule has 0 fully saturated rings. The molecule has 0 radical (unpaired) electrons. The number of carbonyl (C=O) groups is 1. The predicted octanol–water partition coefficient (Wildman–Crippen LogP) is 4.77. The van der Waals surface area contributed by atoms with Crippen molar-refractivity contribution in [2.75, 3.05) is 0 Å². The molecule has 0 spiro atoms. The molecule has 2 rings (SSSR count). The average molecular weight is 422 g/mol. The Kier molecular flexibility index (Phi) is 4.95. The van der Waals surface area contributed by atoms with Gasteiger partial charge in [0.1, 0.15) is 24.0 Å². The average Bonchev–Trinajstić information content (AvgIpc) is 2.44. The molecule has 21 heavy (non-hydrogen) atoms. The minimum Gasteiger partial charge on any atom is -0.488 e. The summed E-state index contributed by atoms with van der Waals surface area (Å²) in [7, 11) is 0. The molecule has 2 aromatic carbocycles. The van der Waals surface area contributed by atoms with Crippen LogP contribution in [0.3, 0.4) is 0 Å². The molecule has 0 aliphatic rings. The van der Waals surface area contributed by atoms with Crippen LogP contribution in [0.2, 0.25) is 0 Å². The molecule has 0 aromatic heterocycles. The van der Waals surface area contributed by atoms with Crippen molar-refractivity contribution in [3.8, 4) is 5.75 Å². The first-order chi connectivity index (χ1) is 9.90. The van der Waals surface area contributed by atoms with Crippen molar-refractivity contribution < 1.29 is 23.4 Å². The van der Waals surface area contributed by atoms with Crippen molar-refractivity contribution in [1.29, 1.82) is 0 Å². The van der Waals surface area contributed by atoms with E-state index in [1.165, 1.54) is 24.3 Å². The molecule has 0 atom stereocenters. The highest BCUT2D eigenvalue weighted by Gasteiger charge is 2.14. The Morgan fingerprint density at radius 1 is 1.14 bits per heavy atom. The van der Waals surface area contributed by atoms with E-state index in [4.69, 9.17) is 9.84 Å². The molecule has 7 heteroatoms. The minimum absolute atomic E-state index is 0.0778. The Labute approximate surface area is 135 Å². The van der Waals surface area contributed by atoms with Crippen molar-refractivity contribution in [3.63, 3.8) is 0 Å². The summed E-state index contributed by atoms with van der Waals surface area (Å²) in [5, 5.41) is 8.85. The minimum atomic E-state index is -1.08. The van der Waals surface area contributed by atoms with E-state index in [-0.39, 0.29) is 22.2 Å². The zero-order chi connectivity index (χ0) is 15.6.